The SMILES string of the molecule is CNC(=O)C1CCCCN(c2ccc(F)cc2)C1=O. The summed E-state index contributed by atoms with van der Waals surface area (Å²) in [6.45, 7) is 0.567. The van der Waals surface area contributed by atoms with Crippen molar-refractivity contribution in [2.24, 2.45) is 5.92 Å². The Kier molecular flexibility index (Phi) is 4.14. The molecule has 1 heterocycles. The second-order valence-electron chi connectivity index (χ2n) is 4.63. The van der Waals surface area contributed by atoms with Crippen LogP contribution in [-0.4, -0.2) is 25.4 Å². The van der Waals surface area contributed by atoms with Crippen molar-refractivity contribution in [1.82, 2.24) is 5.32 Å². The number of benzene rings is 1. The van der Waals surface area contributed by atoms with Crippen molar-refractivity contribution in [2.45, 2.75) is 19.3 Å². The van der Waals surface area contributed by atoms with Gasteiger partial charge in [0.25, 0.3) is 0 Å². The van der Waals surface area contributed by atoms with Crippen LogP contribution in [0.15, 0.2) is 24.3 Å². The molecule has 102 valence electrons. The van der Waals surface area contributed by atoms with Crippen LogP contribution in [0.1, 0.15) is 19.3 Å². The lowest BCUT2D eigenvalue weighted by molar-refractivity contribution is -0.133. The van der Waals surface area contributed by atoms with Crippen LogP contribution in [0.25, 0.3) is 0 Å². The minimum Gasteiger partial charge on any atom is -0.358 e. The van der Waals surface area contributed by atoms with Crippen LogP contribution < -0.4 is 10.2 Å². The van der Waals surface area contributed by atoms with Gasteiger partial charge in [0.05, 0.1) is 0 Å². The van der Waals surface area contributed by atoms with Crippen molar-refractivity contribution in [3.05, 3.63) is 30.1 Å². The lowest BCUT2D eigenvalue weighted by atomic mass is 10.0. The number of rotatable bonds is 2. The van der Waals surface area contributed by atoms with E-state index in [1.165, 1.54) is 19.2 Å². The zero-order valence-corrected chi connectivity index (χ0v) is 10.9. The predicted molar refractivity (Wildman–Crippen MR) is 70.2 cm³/mol. The topological polar surface area (TPSA) is 49.4 Å². The molecule has 1 aliphatic rings. The van der Waals surface area contributed by atoms with Gasteiger partial charge in [-0.25, -0.2) is 4.39 Å². The maximum atomic E-state index is 12.9. The molecule has 1 aliphatic heterocycles. The molecule has 19 heavy (non-hydrogen) atoms. The average Bonchev–Trinajstić information content (AvgIpc) is 2.61. The van der Waals surface area contributed by atoms with E-state index < -0.39 is 5.92 Å². The van der Waals surface area contributed by atoms with Gasteiger partial charge >= 0.3 is 0 Å². The van der Waals surface area contributed by atoms with Crippen molar-refractivity contribution < 1.29 is 14.0 Å². The van der Waals surface area contributed by atoms with Crippen LogP contribution in [0, 0.1) is 11.7 Å². The Morgan fingerprint density at radius 3 is 2.63 bits per heavy atom. The third-order valence-electron chi connectivity index (χ3n) is 3.39. The van der Waals surface area contributed by atoms with E-state index in [1.807, 2.05) is 0 Å². The van der Waals surface area contributed by atoms with Crippen molar-refractivity contribution in [3.8, 4) is 0 Å². The quantitative estimate of drug-likeness (QED) is 0.827. The summed E-state index contributed by atoms with van der Waals surface area (Å²) in [6, 6.07) is 5.78. The maximum Gasteiger partial charge on any atom is 0.239 e. The molecule has 2 amide bonds. The fourth-order valence-electron chi connectivity index (χ4n) is 2.34. The van der Waals surface area contributed by atoms with Gasteiger partial charge in [-0.15, -0.1) is 0 Å². The highest BCUT2D eigenvalue weighted by Crippen LogP contribution is 2.24. The molecule has 4 nitrogen and oxygen atoms in total. The van der Waals surface area contributed by atoms with Gasteiger partial charge < -0.3 is 10.2 Å². The predicted octanol–water partition coefficient (Wildman–Crippen LogP) is 1.70. The largest absolute Gasteiger partial charge is 0.358 e. The van der Waals surface area contributed by atoms with E-state index in [9.17, 15) is 14.0 Å². The number of amides is 2. The van der Waals surface area contributed by atoms with E-state index in [-0.39, 0.29) is 17.6 Å². The minimum atomic E-state index is -0.641. The Labute approximate surface area is 111 Å². The van der Waals surface area contributed by atoms with Crippen LogP contribution in [0.4, 0.5) is 10.1 Å². The Bertz CT molecular complexity index is 473. The molecule has 1 N–H and O–H groups in total. The Hall–Kier alpha value is -1.91. The Balaban J connectivity index is 2.25. The first kappa shape index (κ1) is 13.5. The van der Waals surface area contributed by atoms with Gasteiger partial charge in [-0.05, 0) is 37.1 Å². The summed E-state index contributed by atoms with van der Waals surface area (Å²) in [5.41, 5.74) is 0.641. The van der Waals surface area contributed by atoms with E-state index in [4.69, 9.17) is 0 Å². The second-order valence-corrected chi connectivity index (χ2v) is 4.63. The summed E-state index contributed by atoms with van der Waals surface area (Å²) >= 11 is 0. The fourth-order valence-corrected chi connectivity index (χ4v) is 2.34. The molecule has 1 atom stereocenters. The molecule has 1 unspecified atom stereocenters. The number of anilines is 1. The highest BCUT2D eigenvalue weighted by atomic mass is 19.1. The molecule has 0 radical (unpaired) electrons. The van der Waals surface area contributed by atoms with Crippen LogP contribution in [0.3, 0.4) is 0 Å². The lowest BCUT2D eigenvalue weighted by Gasteiger charge is -2.23. The summed E-state index contributed by atoms with van der Waals surface area (Å²) < 4.78 is 12.9. The molecule has 0 aliphatic carbocycles. The van der Waals surface area contributed by atoms with E-state index in [0.29, 0.717) is 18.7 Å². The Morgan fingerprint density at radius 1 is 1.32 bits per heavy atom. The smallest absolute Gasteiger partial charge is 0.239 e. The van der Waals surface area contributed by atoms with Gasteiger partial charge in [0.2, 0.25) is 11.8 Å². The van der Waals surface area contributed by atoms with Crippen LogP contribution >= 0.6 is 0 Å². The summed E-state index contributed by atoms with van der Waals surface area (Å²) in [4.78, 5) is 25.7. The van der Waals surface area contributed by atoms with Gasteiger partial charge in [0.1, 0.15) is 11.7 Å². The molecule has 1 aromatic carbocycles. The van der Waals surface area contributed by atoms with Gasteiger partial charge in [0.15, 0.2) is 0 Å². The van der Waals surface area contributed by atoms with Crippen molar-refractivity contribution in [1.29, 1.82) is 0 Å². The van der Waals surface area contributed by atoms with E-state index in [2.05, 4.69) is 5.32 Å². The summed E-state index contributed by atoms with van der Waals surface area (Å²) in [5, 5.41) is 2.53. The molecule has 0 spiro atoms. The van der Waals surface area contributed by atoms with Crippen LogP contribution in [-0.2, 0) is 9.59 Å². The molecule has 0 aromatic heterocycles. The third-order valence-corrected chi connectivity index (χ3v) is 3.39. The van der Waals surface area contributed by atoms with Gasteiger partial charge in [-0.2, -0.15) is 0 Å². The molecule has 0 saturated carbocycles. The molecule has 0 bridgehead atoms. The monoisotopic (exact) mass is 264 g/mol. The average molecular weight is 264 g/mol. The number of carbonyl (C=O) groups is 2. The molecule has 5 heteroatoms. The summed E-state index contributed by atoms with van der Waals surface area (Å²) in [7, 11) is 1.53. The normalized spacial score (nSPS) is 20.0. The number of nitrogens with zero attached hydrogens (tertiary/aromatic N) is 1. The van der Waals surface area contributed by atoms with Crippen LogP contribution in [0.5, 0.6) is 0 Å². The number of carbonyl (C=O) groups excluding carboxylic acids is 2. The van der Waals surface area contributed by atoms with Gasteiger partial charge in [-0.1, -0.05) is 6.42 Å². The lowest BCUT2D eigenvalue weighted by Crippen LogP contribution is -2.41. The Morgan fingerprint density at radius 2 is 2.00 bits per heavy atom. The van der Waals surface area contributed by atoms with Crippen molar-refractivity contribution in [2.75, 3.05) is 18.5 Å². The number of nitrogens with one attached hydrogen (secondary N) is 1. The number of hydrogen-bond donors (Lipinski definition) is 1. The highest BCUT2D eigenvalue weighted by molar-refractivity contribution is 6.07. The van der Waals surface area contributed by atoms with Crippen molar-refractivity contribution >= 4 is 17.5 Å². The van der Waals surface area contributed by atoms with Gasteiger partial charge in [0, 0.05) is 19.3 Å². The van der Waals surface area contributed by atoms with E-state index in [0.717, 1.165) is 12.8 Å². The maximum absolute atomic E-state index is 12.9. The number of halogens is 1. The highest BCUT2D eigenvalue weighted by Gasteiger charge is 2.32. The van der Waals surface area contributed by atoms with E-state index in [1.54, 1.807) is 17.0 Å². The van der Waals surface area contributed by atoms with Gasteiger partial charge in [-0.3, -0.25) is 9.59 Å². The number of hydrogen-bond acceptors (Lipinski definition) is 2. The van der Waals surface area contributed by atoms with Crippen LogP contribution in [0.2, 0.25) is 0 Å². The van der Waals surface area contributed by atoms with E-state index >= 15 is 0 Å². The molecular formula is C14H17FN2O2. The second kappa shape index (κ2) is 5.82. The first-order valence-electron chi connectivity index (χ1n) is 6.42. The zero-order valence-electron chi connectivity index (χ0n) is 10.9. The van der Waals surface area contributed by atoms with Crippen molar-refractivity contribution in [3.63, 3.8) is 0 Å². The summed E-state index contributed by atoms with van der Waals surface area (Å²) in [5.74, 6) is -1.44. The molecule has 1 aromatic rings. The molecule has 1 fully saturated rings. The minimum absolute atomic E-state index is 0.205. The molecular weight excluding hydrogens is 247 g/mol. The fraction of sp³-hybridized carbons (Fsp3) is 0.429. The summed E-state index contributed by atoms with van der Waals surface area (Å²) in [6.07, 6.45) is 2.24. The molecule has 1 saturated heterocycles. The zero-order chi connectivity index (χ0) is 13.8. The first-order chi connectivity index (χ1) is 9.13. The standard InChI is InChI=1S/C14H17FN2O2/c1-16-13(18)12-4-2-3-9-17(14(12)19)11-7-5-10(15)6-8-11/h5-8,12H,2-4,9H2,1H3,(H,16,18). The third kappa shape index (κ3) is 2.92. The molecule has 2 rings (SSSR count). The first-order valence-corrected chi connectivity index (χ1v) is 6.42.